The molecule has 0 amide bonds. The van der Waals surface area contributed by atoms with Crippen LogP contribution < -0.4 is 5.32 Å². The predicted octanol–water partition coefficient (Wildman–Crippen LogP) is 0.865. The van der Waals surface area contributed by atoms with Gasteiger partial charge in [0.1, 0.15) is 5.82 Å². The second-order valence-electron chi connectivity index (χ2n) is 4.45. The standard InChI is InChI=1S/C12H20N4O/c1-13-12-7-14-10(6-15-12)8-16-5-3-2-4-11(16)9-17/h6-7,11,17H,2-5,8-9H2,1H3,(H,13,15). The first-order chi connectivity index (χ1) is 8.33. The van der Waals surface area contributed by atoms with Crippen molar-refractivity contribution in [1.29, 1.82) is 0 Å². The molecule has 1 aliphatic rings. The van der Waals surface area contributed by atoms with Crippen LogP contribution in [0, 0.1) is 0 Å². The van der Waals surface area contributed by atoms with Crippen LogP contribution in [0.1, 0.15) is 25.0 Å². The molecule has 0 radical (unpaired) electrons. The summed E-state index contributed by atoms with van der Waals surface area (Å²) in [4.78, 5) is 10.9. The molecule has 0 bridgehead atoms. The molecule has 2 rings (SSSR count). The van der Waals surface area contributed by atoms with Crippen LogP contribution in [-0.2, 0) is 6.54 Å². The van der Waals surface area contributed by atoms with E-state index in [4.69, 9.17) is 0 Å². The summed E-state index contributed by atoms with van der Waals surface area (Å²) in [5.74, 6) is 0.783. The first kappa shape index (κ1) is 12.3. The molecule has 0 saturated carbocycles. The molecule has 17 heavy (non-hydrogen) atoms. The first-order valence-corrected chi connectivity index (χ1v) is 6.17. The molecule has 5 nitrogen and oxygen atoms in total. The van der Waals surface area contributed by atoms with Crippen molar-refractivity contribution in [2.24, 2.45) is 0 Å². The van der Waals surface area contributed by atoms with Crippen LogP contribution in [0.25, 0.3) is 0 Å². The fourth-order valence-electron chi connectivity index (χ4n) is 2.25. The molecule has 1 aromatic heterocycles. The molecule has 1 aliphatic heterocycles. The zero-order valence-corrected chi connectivity index (χ0v) is 10.3. The summed E-state index contributed by atoms with van der Waals surface area (Å²) in [5.41, 5.74) is 0.962. The number of hydrogen-bond acceptors (Lipinski definition) is 5. The van der Waals surface area contributed by atoms with E-state index in [2.05, 4.69) is 20.2 Å². The summed E-state index contributed by atoms with van der Waals surface area (Å²) in [7, 11) is 1.83. The smallest absolute Gasteiger partial charge is 0.144 e. The lowest BCUT2D eigenvalue weighted by molar-refractivity contribution is 0.0830. The van der Waals surface area contributed by atoms with Gasteiger partial charge in [-0.25, -0.2) is 4.98 Å². The highest BCUT2D eigenvalue weighted by Crippen LogP contribution is 2.18. The number of aliphatic hydroxyl groups excluding tert-OH is 1. The molecule has 1 aromatic rings. The number of anilines is 1. The van der Waals surface area contributed by atoms with Crippen LogP contribution >= 0.6 is 0 Å². The lowest BCUT2D eigenvalue weighted by Crippen LogP contribution is -2.41. The molecule has 1 atom stereocenters. The van der Waals surface area contributed by atoms with Gasteiger partial charge in [-0.2, -0.15) is 0 Å². The number of aliphatic hydroxyl groups is 1. The number of rotatable bonds is 4. The van der Waals surface area contributed by atoms with E-state index in [0.29, 0.717) is 0 Å². The Morgan fingerprint density at radius 2 is 2.29 bits per heavy atom. The van der Waals surface area contributed by atoms with Crippen LogP contribution in [0.4, 0.5) is 5.82 Å². The lowest BCUT2D eigenvalue weighted by Gasteiger charge is -2.34. The van der Waals surface area contributed by atoms with Crippen LogP contribution in [0.2, 0.25) is 0 Å². The van der Waals surface area contributed by atoms with Crippen molar-refractivity contribution in [2.75, 3.05) is 25.5 Å². The molecule has 2 N–H and O–H groups in total. The van der Waals surface area contributed by atoms with Gasteiger partial charge in [0.2, 0.25) is 0 Å². The van der Waals surface area contributed by atoms with Gasteiger partial charge in [-0.05, 0) is 19.4 Å². The van der Waals surface area contributed by atoms with Crippen molar-refractivity contribution >= 4 is 5.82 Å². The number of hydrogen-bond donors (Lipinski definition) is 2. The molecule has 0 aromatic carbocycles. The van der Waals surface area contributed by atoms with Crippen LogP contribution in [-0.4, -0.2) is 46.2 Å². The zero-order valence-electron chi connectivity index (χ0n) is 10.3. The fourth-order valence-corrected chi connectivity index (χ4v) is 2.25. The maximum atomic E-state index is 9.33. The molecule has 0 aliphatic carbocycles. The summed E-state index contributed by atoms with van der Waals surface area (Å²) in [6.45, 7) is 2.06. The second kappa shape index (κ2) is 5.93. The van der Waals surface area contributed by atoms with E-state index in [0.717, 1.165) is 31.0 Å². The van der Waals surface area contributed by atoms with Gasteiger partial charge in [0.15, 0.2) is 0 Å². The predicted molar refractivity (Wildman–Crippen MR) is 66.7 cm³/mol. The Hall–Kier alpha value is -1.20. The third-order valence-corrected chi connectivity index (χ3v) is 3.29. The maximum absolute atomic E-state index is 9.33. The molecular formula is C12H20N4O. The third-order valence-electron chi connectivity index (χ3n) is 3.29. The average molecular weight is 236 g/mol. The van der Waals surface area contributed by atoms with E-state index in [1.54, 1.807) is 12.4 Å². The molecule has 0 spiro atoms. The highest BCUT2D eigenvalue weighted by molar-refractivity contribution is 5.29. The minimum atomic E-state index is 0.238. The molecule has 2 heterocycles. The number of nitrogens with zero attached hydrogens (tertiary/aromatic N) is 3. The highest BCUT2D eigenvalue weighted by Gasteiger charge is 2.21. The Balaban J connectivity index is 1.98. The fraction of sp³-hybridized carbons (Fsp3) is 0.667. The Morgan fingerprint density at radius 3 is 2.94 bits per heavy atom. The summed E-state index contributed by atoms with van der Waals surface area (Å²) >= 11 is 0. The van der Waals surface area contributed by atoms with E-state index >= 15 is 0 Å². The summed E-state index contributed by atoms with van der Waals surface area (Å²) in [5, 5.41) is 12.3. The lowest BCUT2D eigenvalue weighted by atomic mass is 10.0. The molecule has 1 saturated heterocycles. The normalized spacial score (nSPS) is 21.4. The summed E-state index contributed by atoms with van der Waals surface area (Å²) < 4.78 is 0. The van der Waals surface area contributed by atoms with Crippen molar-refractivity contribution in [1.82, 2.24) is 14.9 Å². The number of aromatic nitrogens is 2. The quantitative estimate of drug-likeness (QED) is 0.812. The van der Waals surface area contributed by atoms with E-state index in [1.165, 1.54) is 12.8 Å². The molecule has 1 unspecified atom stereocenters. The monoisotopic (exact) mass is 236 g/mol. The van der Waals surface area contributed by atoms with Crippen molar-refractivity contribution in [3.8, 4) is 0 Å². The van der Waals surface area contributed by atoms with Crippen molar-refractivity contribution < 1.29 is 5.11 Å². The SMILES string of the molecule is CNc1cnc(CN2CCCCC2CO)cn1. The minimum absolute atomic E-state index is 0.238. The molecule has 5 heteroatoms. The van der Waals surface area contributed by atoms with E-state index in [-0.39, 0.29) is 12.6 Å². The third kappa shape index (κ3) is 3.14. The molecule has 94 valence electrons. The van der Waals surface area contributed by atoms with Crippen molar-refractivity contribution in [3.63, 3.8) is 0 Å². The topological polar surface area (TPSA) is 61.3 Å². The summed E-state index contributed by atoms with van der Waals surface area (Å²) in [6.07, 6.45) is 7.05. The minimum Gasteiger partial charge on any atom is -0.395 e. The van der Waals surface area contributed by atoms with Crippen LogP contribution in [0.5, 0.6) is 0 Å². The summed E-state index contributed by atoms with van der Waals surface area (Å²) in [6, 6.07) is 0.287. The van der Waals surface area contributed by atoms with Gasteiger partial charge >= 0.3 is 0 Å². The number of nitrogens with one attached hydrogen (secondary N) is 1. The van der Waals surface area contributed by atoms with E-state index in [1.807, 2.05) is 7.05 Å². The van der Waals surface area contributed by atoms with Gasteiger partial charge in [0.25, 0.3) is 0 Å². The van der Waals surface area contributed by atoms with Crippen molar-refractivity contribution in [2.45, 2.75) is 31.8 Å². The Bertz CT molecular complexity index is 341. The van der Waals surface area contributed by atoms with Gasteiger partial charge in [-0.1, -0.05) is 6.42 Å². The Morgan fingerprint density at radius 1 is 1.41 bits per heavy atom. The van der Waals surface area contributed by atoms with Crippen LogP contribution in [0.3, 0.4) is 0 Å². The first-order valence-electron chi connectivity index (χ1n) is 6.17. The van der Waals surface area contributed by atoms with Gasteiger partial charge in [0, 0.05) is 19.6 Å². The largest absolute Gasteiger partial charge is 0.395 e. The Kier molecular flexibility index (Phi) is 4.28. The van der Waals surface area contributed by atoms with Gasteiger partial charge in [-0.3, -0.25) is 9.88 Å². The number of piperidine rings is 1. The number of likely N-dealkylation sites (tertiary alicyclic amines) is 1. The molecule has 1 fully saturated rings. The average Bonchev–Trinajstić information content (AvgIpc) is 2.40. The van der Waals surface area contributed by atoms with Gasteiger partial charge in [-0.15, -0.1) is 0 Å². The Labute approximate surface area is 102 Å². The highest BCUT2D eigenvalue weighted by atomic mass is 16.3. The molecular weight excluding hydrogens is 216 g/mol. The van der Waals surface area contributed by atoms with E-state index in [9.17, 15) is 5.11 Å². The van der Waals surface area contributed by atoms with Gasteiger partial charge in [0.05, 0.1) is 24.7 Å². The van der Waals surface area contributed by atoms with E-state index < -0.39 is 0 Å². The second-order valence-corrected chi connectivity index (χ2v) is 4.45. The van der Waals surface area contributed by atoms with Gasteiger partial charge < -0.3 is 10.4 Å². The zero-order chi connectivity index (χ0) is 12.1. The van der Waals surface area contributed by atoms with Crippen molar-refractivity contribution in [3.05, 3.63) is 18.1 Å². The maximum Gasteiger partial charge on any atom is 0.144 e. The van der Waals surface area contributed by atoms with Crippen LogP contribution in [0.15, 0.2) is 12.4 Å².